The zero-order valence-corrected chi connectivity index (χ0v) is 12.9. The molecule has 1 aromatic heterocycles. The van der Waals surface area contributed by atoms with Gasteiger partial charge in [-0.05, 0) is 24.3 Å². The van der Waals surface area contributed by atoms with E-state index in [1.165, 1.54) is 7.11 Å². The number of aromatic amines is 1. The van der Waals surface area contributed by atoms with E-state index in [2.05, 4.69) is 20.9 Å². The van der Waals surface area contributed by atoms with Crippen molar-refractivity contribution in [1.82, 2.24) is 4.98 Å². The van der Waals surface area contributed by atoms with E-state index in [0.717, 1.165) is 15.4 Å². The van der Waals surface area contributed by atoms with Gasteiger partial charge in [-0.1, -0.05) is 22.0 Å². The van der Waals surface area contributed by atoms with Gasteiger partial charge in [-0.3, -0.25) is 4.79 Å². The average Bonchev–Trinajstić information content (AvgIpc) is 2.92. The van der Waals surface area contributed by atoms with Crippen LogP contribution in [-0.4, -0.2) is 17.9 Å². The molecular formula is C16H13BrN2O2. The molecule has 1 heterocycles. The summed E-state index contributed by atoms with van der Waals surface area (Å²) >= 11 is 3.49. The van der Waals surface area contributed by atoms with Crippen LogP contribution in [0.25, 0.3) is 10.9 Å². The standard InChI is InChI=1S/C16H13BrN2O2/c1-21-14-7-9(18)5-6-10(14)16(20)11-8-19-13-4-2-3-12(17)15(11)13/h2-8,19H,18H2,1H3. The minimum atomic E-state index is -0.106. The van der Waals surface area contributed by atoms with Crippen molar-refractivity contribution in [3.63, 3.8) is 0 Å². The molecule has 0 aliphatic heterocycles. The quantitative estimate of drug-likeness (QED) is 0.561. The summed E-state index contributed by atoms with van der Waals surface area (Å²) in [6.45, 7) is 0. The normalized spacial score (nSPS) is 10.8. The molecule has 0 fully saturated rings. The van der Waals surface area contributed by atoms with Crippen LogP contribution >= 0.6 is 15.9 Å². The van der Waals surface area contributed by atoms with Gasteiger partial charge in [0.15, 0.2) is 5.78 Å². The van der Waals surface area contributed by atoms with Crippen molar-refractivity contribution in [1.29, 1.82) is 0 Å². The lowest BCUT2D eigenvalue weighted by Crippen LogP contribution is -2.04. The third kappa shape index (κ3) is 2.29. The fourth-order valence-electron chi connectivity index (χ4n) is 2.36. The second-order valence-electron chi connectivity index (χ2n) is 4.65. The second-order valence-corrected chi connectivity index (χ2v) is 5.51. The first-order chi connectivity index (χ1) is 10.1. The van der Waals surface area contributed by atoms with E-state index >= 15 is 0 Å². The van der Waals surface area contributed by atoms with Crippen LogP contribution in [0.1, 0.15) is 15.9 Å². The number of rotatable bonds is 3. The lowest BCUT2D eigenvalue weighted by molar-refractivity contribution is 0.103. The van der Waals surface area contributed by atoms with Crippen molar-refractivity contribution in [3.8, 4) is 5.75 Å². The van der Waals surface area contributed by atoms with Gasteiger partial charge >= 0.3 is 0 Å². The fourth-order valence-corrected chi connectivity index (χ4v) is 2.94. The fraction of sp³-hybridized carbons (Fsp3) is 0.0625. The Labute approximate surface area is 130 Å². The Bertz CT molecular complexity index is 839. The third-order valence-corrected chi connectivity index (χ3v) is 4.03. The summed E-state index contributed by atoms with van der Waals surface area (Å²) in [5.41, 5.74) is 8.28. The number of nitrogens with one attached hydrogen (secondary N) is 1. The molecule has 21 heavy (non-hydrogen) atoms. The number of halogens is 1. The molecule has 0 spiro atoms. The van der Waals surface area contributed by atoms with Crippen molar-refractivity contribution in [2.24, 2.45) is 0 Å². The van der Waals surface area contributed by atoms with Gasteiger partial charge in [0.05, 0.1) is 12.7 Å². The second kappa shape index (κ2) is 5.26. The lowest BCUT2D eigenvalue weighted by atomic mass is 10.0. The van der Waals surface area contributed by atoms with E-state index < -0.39 is 0 Å². The number of nitrogen functional groups attached to an aromatic ring is 1. The SMILES string of the molecule is COc1cc(N)ccc1C(=O)c1c[nH]c2cccc(Br)c12. The largest absolute Gasteiger partial charge is 0.496 e. The molecule has 0 unspecified atom stereocenters. The number of hydrogen-bond donors (Lipinski definition) is 2. The number of carbonyl (C=O) groups excluding carboxylic acids is 1. The number of ether oxygens (including phenoxy) is 1. The molecule has 0 radical (unpaired) electrons. The molecule has 4 nitrogen and oxygen atoms in total. The van der Waals surface area contributed by atoms with E-state index in [9.17, 15) is 4.79 Å². The minimum absolute atomic E-state index is 0.106. The monoisotopic (exact) mass is 344 g/mol. The summed E-state index contributed by atoms with van der Waals surface area (Å²) in [5.74, 6) is 0.367. The van der Waals surface area contributed by atoms with Gasteiger partial charge in [0.2, 0.25) is 0 Å². The average molecular weight is 345 g/mol. The van der Waals surface area contributed by atoms with E-state index in [1.807, 2.05) is 18.2 Å². The Morgan fingerprint density at radius 1 is 1.24 bits per heavy atom. The molecule has 3 N–H and O–H groups in total. The number of anilines is 1. The Kier molecular flexibility index (Phi) is 3.43. The number of hydrogen-bond acceptors (Lipinski definition) is 3. The Morgan fingerprint density at radius 3 is 2.81 bits per heavy atom. The number of aromatic nitrogens is 1. The van der Waals surface area contributed by atoms with E-state index in [4.69, 9.17) is 10.5 Å². The predicted octanol–water partition coefficient (Wildman–Crippen LogP) is 3.75. The van der Waals surface area contributed by atoms with Crippen LogP contribution in [0.5, 0.6) is 5.75 Å². The van der Waals surface area contributed by atoms with Gasteiger partial charge in [-0.15, -0.1) is 0 Å². The number of carbonyl (C=O) groups is 1. The van der Waals surface area contributed by atoms with Gasteiger partial charge in [0.25, 0.3) is 0 Å². The molecule has 0 aliphatic rings. The van der Waals surface area contributed by atoms with Gasteiger partial charge in [-0.2, -0.15) is 0 Å². The number of fused-ring (bicyclic) bond motifs is 1. The van der Waals surface area contributed by atoms with E-state index in [-0.39, 0.29) is 5.78 Å². The highest BCUT2D eigenvalue weighted by Gasteiger charge is 2.19. The molecule has 0 saturated carbocycles. The number of ketones is 1. The van der Waals surface area contributed by atoms with Crippen LogP contribution < -0.4 is 10.5 Å². The first-order valence-corrected chi connectivity index (χ1v) is 7.15. The summed E-state index contributed by atoms with van der Waals surface area (Å²) in [7, 11) is 1.52. The minimum Gasteiger partial charge on any atom is -0.496 e. The number of benzene rings is 2. The topological polar surface area (TPSA) is 68.1 Å². The Morgan fingerprint density at radius 2 is 2.05 bits per heavy atom. The van der Waals surface area contributed by atoms with Crippen molar-refractivity contribution in [2.75, 3.05) is 12.8 Å². The predicted molar refractivity (Wildman–Crippen MR) is 86.8 cm³/mol. The highest BCUT2D eigenvalue weighted by Crippen LogP contribution is 2.31. The number of methoxy groups -OCH3 is 1. The van der Waals surface area contributed by atoms with E-state index in [1.54, 1.807) is 24.4 Å². The zero-order valence-electron chi connectivity index (χ0n) is 11.3. The van der Waals surface area contributed by atoms with Crippen LogP contribution in [0.4, 0.5) is 5.69 Å². The number of nitrogens with two attached hydrogens (primary N) is 1. The maximum Gasteiger partial charge on any atom is 0.198 e. The summed E-state index contributed by atoms with van der Waals surface area (Å²) in [5, 5.41) is 0.862. The zero-order chi connectivity index (χ0) is 15.0. The molecular weight excluding hydrogens is 332 g/mol. The molecule has 0 amide bonds. The molecule has 106 valence electrons. The van der Waals surface area contributed by atoms with Gasteiger partial charge < -0.3 is 15.5 Å². The van der Waals surface area contributed by atoms with Gasteiger partial charge in [0, 0.05) is 38.9 Å². The Hall–Kier alpha value is -2.27. The first-order valence-electron chi connectivity index (χ1n) is 6.35. The smallest absolute Gasteiger partial charge is 0.198 e. The molecule has 2 aromatic carbocycles. The van der Waals surface area contributed by atoms with Crippen molar-refractivity contribution in [3.05, 3.63) is 58.2 Å². The maximum absolute atomic E-state index is 12.8. The summed E-state index contributed by atoms with van der Waals surface area (Å²) in [4.78, 5) is 15.9. The summed E-state index contributed by atoms with van der Waals surface area (Å²) < 4.78 is 6.14. The molecule has 5 heteroatoms. The highest BCUT2D eigenvalue weighted by molar-refractivity contribution is 9.10. The Balaban J connectivity index is 2.17. The van der Waals surface area contributed by atoms with Crippen LogP contribution in [-0.2, 0) is 0 Å². The summed E-state index contributed by atoms with van der Waals surface area (Å²) in [6, 6.07) is 10.8. The highest BCUT2D eigenvalue weighted by atomic mass is 79.9. The van der Waals surface area contributed by atoms with Crippen LogP contribution in [0.15, 0.2) is 47.1 Å². The number of H-pyrrole nitrogens is 1. The molecule has 3 rings (SSSR count). The molecule has 3 aromatic rings. The molecule has 0 saturated heterocycles. The van der Waals surface area contributed by atoms with Gasteiger partial charge in [-0.25, -0.2) is 0 Å². The molecule has 0 bridgehead atoms. The lowest BCUT2D eigenvalue weighted by Gasteiger charge is -2.08. The van der Waals surface area contributed by atoms with Crippen molar-refractivity contribution in [2.45, 2.75) is 0 Å². The van der Waals surface area contributed by atoms with Crippen molar-refractivity contribution >= 4 is 38.3 Å². The summed E-state index contributed by atoms with van der Waals surface area (Å²) in [6.07, 6.45) is 1.72. The van der Waals surface area contributed by atoms with Crippen molar-refractivity contribution < 1.29 is 9.53 Å². The molecule has 0 aliphatic carbocycles. The van der Waals surface area contributed by atoms with E-state index in [0.29, 0.717) is 22.6 Å². The van der Waals surface area contributed by atoms with Crippen LogP contribution in [0.2, 0.25) is 0 Å². The van der Waals surface area contributed by atoms with Gasteiger partial charge in [0.1, 0.15) is 5.75 Å². The first kappa shape index (κ1) is 13.7. The van der Waals surface area contributed by atoms with Crippen LogP contribution in [0, 0.1) is 0 Å². The molecule has 0 atom stereocenters. The van der Waals surface area contributed by atoms with Crippen LogP contribution in [0.3, 0.4) is 0 Å². The maximum atomic E-state index is 12.8. The third-order valence-electron chi connectivity index (χ3n) is 3.37.